The van der Waals surface area contributed by atoms with Crippen LogP contribution in [-0.4, -0.2) is 18.7 Å². The standard InChI is InChI=1S/C90H79N5O/c1-55-23-21-24-56(2)84(55)59-46-74-72-53-76-75(89(9,10)42-43-90(76,11)12)52-71(72)65-27-13-14-28-66(65)73-45-58(57-35-37-60(38-36-57)87(3,4)5)47-81-85(73)93(86(74)82(48-59)94-77-32-18-15-29-67(77)68-30-16-19-33-78(68)94)54-92(81)62-25-22-26-63(50-62)96-64-39-40-70-69-31-17-20-34-79(69)95(80(70)51-64)83-49-61(41-44-91-83)88(6,7)8/h13-41,44-53H,42-43H2,1-12H3/i1D3,2D3. The van der Waals surface area contributed by atoms with Crippen LogP contribution in [0.15, 0.2) is 237 Å². The molecule has 6 nitrogen and oxygen atoms in total. The molecular formula is C90H79N5O. The fourth-order valence-electron chi connectivity index (χ4n) is 15.6. The minimum atomic E-state index is -2.70. The van der Waals surface area contributed by atoms with E-state index >= 15 is 0 Å². The zero-order valence-electron chi connectivity index (χ0n) is 62.1. The lowest BCUT2D eigenvalue weighted by Crippen LogP contribution is -2.34. The molecule has 1 aliphatic carbocycles. The Kier molecular flexibility index (Phi) is 11.8. The largest absolute Gasteiger partial charge is 0.458 e. The molecule has 0 radical (unpaired) electrons. The van der Waals surface area contributed by atoms with Gasteiger partial charge in [-0.2, -0.15) is 0 Å². The predicted molar refractivity (Wildman–Crippen MR) is 400 cm³/mol. The number of hydrogen-bond donors (Lipinski definition) is 0. The van der Waals surface area contributed by atoms with Gasteiger partial charge >= 0.3 is 0 Å². The number of aromatic nitrogens is 5. The molecule has 2 aliphatic rings. The fourth-order valence-corrected chi connectivity index (χ4v) is 15.6. The van der Waals surface area contributed by atoms with E-state index in [1.54, 1.807) is 18.2 Å². The summed E-state index contributed by atoms with van der Waals surface area (Å²) >= 11 is 0. The fraction of sp³-hybridized carbons (Fsp3) is 0.200. The quantitative estimate of drug-likeness (QED) is 0.118. The van der Waals surface area contributed by atoms with E-state index in [0.29, 0.717) is 22.7 Å². The second-order valence-corrected chi connectivity index (χ2v) is 30.0. The van der Waals surface area contributed by atoms with Crippen molar-refractivity contribution in [2.75, 3.05) is 0 Å². The molecule has 0 atom stereocenters. The molecule has 6 heteroatoms. The van der Waals surface area contributed by atoms with Crippen LogP contribution in [0.1, 0.15) is 124 Å². The van der Waals surface area contributed by atoms with Crippen molar-refractivity contribution in [3.8, 4) is 90.0 Å². The van der Waals surface area contributed by atoms with E-state index in [-0.39, 0.29) is 38.4 Å². The highest BCUT2D eigenvalue weighted by Crippen LogP contribution is 2.54. The van der Waals surface area contributed by atoms with Gasteiger partial charge in [0, 0.05) is 42.0 Å². The molecule has 0 unspecified atom stereocenters. The Labute approximate surface area is 571 Å². The monoisotopic (exact) mass is 1250 g/mol. The maximum atomic E-state index is 9.21. The van der Waals surface area contributed by atoms with Crippen molar-refractivity contribution in [3.63, 3.8) is 0 Å². The van der Waals surface area contributed by atoms with E-state index < -0.39 is 13.7 Å². The third-order valence-corrected chi connectivity index (χ3v) is 20.9. The van der Waals surface area contributed by atoms with Gasteiger partial charge in [-0.15, -0.1) is 0 Å². The molecule has 15 aromatic rings. The minimum absolute atomic E-state index is 0.0420. The summed E-state index contributed by atoms with van der Waals surface area (Å²) in [5.74, 6) is 2.10. The topological polar surface area (TPSA) is 40.8 Å². The maximum absolute atomic E-state index is 9.21. The van der Waals surface area contributed by atoms with Crippen LogP contribution in [0.4, 0.5) is 0 Å². The number of pyridine rings is 1. The van der Waals surface area contributed by atoms with Gasteiger partial charge in [-0.3, -0.25) is 13.7 Å². The van der Waals surface area contributed by atoms with Crippen molar-refractivity contribution < 1.29 is 17.5 Å². The van der Waals surface area contributed by atoms with Gasteiger partial charge in [-0.1, -0.05) is 209 Å². The Balaban J connectivity index is 1.01. The maximum Gasteiger partial charge on any atom is 0.269 e. The van der Waals surface area contributed by atoms with Gasteiger partial charge in [0.2, 0.25) is 0 Å². The Hall–Kier alpha value is -10.6. The summed E-state index contributed by atoms with van der Waals surface area (Å²) in [6, 6.07) is 80.3. The SMILES string of the molecule is [2H]C([2H])([2H])c1cccc(C([2H])([2H])[2H])c1-c1cc2c(c(-n3c4ccccc4c4ccccc43)c1)-[n+]1[c-]n(-c3cccc(Oc4ccc5c6ccccc6n(-c6cc(C(C)(C)C)ccn6)c5c4)c3)c3cc(-c4ccc(C(C)(C)C)cc4)cc(c31)-c1ccccc1-c1cc3c(cc1-2)C(C)(C)CCC3(C)C. The zero-order chi connectivity index (χ0) is 70.9. The number of ether oxygens (including phenoxy) is 1. The number of nitrogens with zero attached hydrogens (tertiary/aromatic N) is 5. The molecule has 0 spiro atoms. The van der Waals surface area contributed by atoms with Crippen LogP contribution in [0, 0.1) is 20.0 Å². The molecule has 96 heavy (non-hydrogen) atoms. The van der Waals surface area contributed by atoms with Gasteiger partial charge in [0.05, 0.1) is 50.2 Å². The lowest BCUT2D eigenvalue weighted by Gasteiger charge is -2.42. The van der Waals surface area contributed by atoms with Crippen LogP contribution in [0.2, 0.25) is 0 Å². The Morgan fingerprint density at radius 2 is 1.01 bits per heavy atom. The van der Waals surface area contributed by atoms with Gasteiger partial charge in [0.1, 0.15) is 17.3 Å². The zero-order valence-corrected chi connectivity index (χ0v) is 56.1. The number of imidazole rings is 1. The molecule has 470 valence electrons. The van der Waals surface area contributed by atoms with Crippen LogP contribution in [0.3, 0.4) is 0 Å². The van der Waals surface area contributed by atoms with Crippen LogP contribution < -0.4 is 9.30 Å². The molecule has 0 bridgehead atoms. The van der Waals surface area contributed by atoms with E-state index in [2.05, 4.69) is 282 Å². The number of aryl methyl sites for hydroxylation is 2. The number of hydrogen-bond acceptors (Lipinski definition) is 2. The average molecular weight is 1250 g/mol. The first-order valence-electron chi connectivity index (χ1n) is 36.6. The molecule has 0 saturated heterocycles. The lowest BCUT2D eigenvalue weighted by molar-refractivity contribution is -0.571. The first-order chi connectivity index (χ1) is 48.6. The van der Waals surface area contributed by atoms with E-state index in [9.17, 15) is 8.22 Å². The molecule has 11 aromatic carbocycles. The van der Waals surface area contributed by atoms with Gasteiger partial charge in [0.25, 0.3) is 6.33 Å². The van der Waals surface area contributed by atoms with Crippen molar-refractivity contribution in [3.05, 3.63) is 276 Å². The molecule has 5 heterocycles. The first-order valence-corrected chi connectivity index (χ1v) is 33.6. The lowest BCUT2D eigenvalue weighted by atomic mass is 9.62. The average Bonchev–Trinajstić information content (AvgIpc) is 1.68. The molecule has 0 amide bonds. The molecule has 0 N–H and O–H groups in total. The van der Waals surface area contributed by atoms with Gasteiger partial charge in [0.15, 0.2) is 0 Å². The van der Waals surface area contributed by atoms with Crippen molar-refractivity contribution in [2.24, 2.45) is 0 Å². The van der Waals surface area contributed by atoms with Crippen LogP contribution >= 0.6 is 0 Å². The van der Waals surface area contributed by atoms with Gasteiger partial charge < -0.3 is 9.30 Å². The van der Waals surface area contributed by atoms with Crippen molar-refractivity contribution in [2.45, 2.75) is 117 Å². The van der Waals surface area contributed by atoms with E-state index in [0.717, 1.165) is 129 Å². The summed E-state index contributed by atoms with van der Waals surface area (Å²) in [4.78, 5) is 4.98. The summed E-state index contributed by atoms with van der Waals surface area (Å²) < 4.78 is 71.4. The second-order valence-electron chi connectivity index (χ2n) is 30.0. The molecule has 1 aliphatic heterocycles. The Bertz CT molecular complexity index is 5900. The molecule has 17 rings (SSSR count). The third kappa shape index (κ3) is 9.41. The van der Waals surface area contributed by atoms with Crippen LogP contribution in [0.25, 0.3) is 133 Å². The van der Waals surface area contributed by atoms with E-state index in [1.165, 1.54) is 22.3 Å². The van der Waals surface area contributed by atoms with Crippen LogP contribution in [0.5, 0.6) is 11.5 Å². The highest BCUT2D eigenvalue weighted by molar-refractivity contribution is 6.12. The number of benzene rings is 11. The summed E-state index contributed by atoms with van der Waals surface area (Å²) in [6.45, 7) is 17.4. The predicted octanol–water partition coefficient (Wildman–Crippen LogP) is 23.3. The minimum Gasteiger partial charge on any atom is -0.458 e. The molecule has 0 fully saturated rings. The Morgan fingerprint density at radius 3 is 1.65 bits per heavy atom. The summed E-state index contributed by atoms with van der Waals surface area (Å²) in [6.07, 6.45) is 7.99. The number of fused-ring (bicyclic) bond motifs is 14. The first kappa shape index (κ1) is 52.8. The van der Waals surface area contributed by atoms with Crippen molar-refractivity contribution in [1.82, 2.24) is 18.7 Å². The van der Waals surface area contributed by atoms with E-state index in [1.807, 2.05) is 30.5 Å². The highest BCUT2D eigenvalue weighted by Gasteiger charge is 2.40. The number of rotatable bonds is 7. The second kappa shape index (κ2) is 21.5. The van der Waals surface area contributed by atoms with Crippen molar-refractivity contribution in [1.29, 1.82) is 0 Å². The highest BCUT2D eigenvalue weighted by atomic mass is 16.5. The Morgan fingerprint density at radius 1 is 0.448 bits per heavy atom. The third-order valence-electron chi connectivity index (χ3n) is 20.9. The normalized spacial score (nSPS) is 15.3. The summed E-state index contributed by atoms with van der Waals surface area (Å²) in [7, 11) is 0. The molecular weight excluding hydrogens is 1170 g/mol. The molecule has 4 aromatic heterocycles. The molecule has 0 saturated carbocycles. The smallest absolute Gasteiger partial charge is 0.269 e. The summed E-state index contributed by atoms with van der Waals surface area (Å²) in [5.41, 5.74) is 20.4. The van der Waals surface area contributed by atoms with Gasteiger partial charge in [-0.05, 0) is 222 Å². The van der Waals surface area contributed by atoms with Gasteiger partial charge in [-0.25, -0.2) is 4.98 Å². The summed E-state index contributed by atoms with van der Waals surface area (Å²) in [5, 5.41) is 4.25. The van der Waals surface area contributed by atoms with Crippen LogP contribution in [-0.2, 0) is 21.7 Å². The van der Waals surface area contributed by atoms with Crippen molar-refractivity contribution >= 4 is 54.6 Å². The number of para-hydroxylation sites is 3. The van der Waals surface area contributed by atoms with E-state index in [4.69, 9.17) is 9.72 Å².